The average molecular weight is 227 g/mol. The maximum atomic E-state index is 13.2. The highest BCUT2D eigenvalue weighted by molar-refractivity contribution is 5.82. The van der Waals surface area contributed by atoms with E-state index in [0.29, 0.717) is 0 Å². The van der Waals surface area contributed by atoms with E-state index in [1.54, 1.807) is 0 Å². The van der Waals surface area contributed by atoms with Gasteiger partial charge in [-0.25, -0.2) is 8.78 Å². The second-order valence-electron chi connectivity index (χ2n) is 3.63. The van der Waals surface area contributed by atoms with Crippen LogP contribution in [0.25, 0.3) is 0 Å². The summed E-state index contributed by atoms with van der Waals surface area (Å²) < 4.78 is 25.8. The molecule has 0 saturated heterocycles. The number of nitrogens with one attached hydrogen (secondary N) is 1. The third-order valence-corrected chi connectivity index (χ3v) is 2.15. The van der Waals surface area contributed by atoms with Gasteiger partial charge in [-0.15, -0.1) is 0 Å². The fourth-order valence-electron chi connectivity index (χ4n) is 1.34. The molecule has 0 saturated carbocycles. The normalized spacial score (nSPS) is 10.4. The molecule has 0 unspecified atom stereocenters. The Bertz CT molecular complexity index is 366. The monoisotopic (exact) mass is 227 g/mol. The van der Waals surface area contributed by atoms with Gasteiger partial charge < -0.3 is 5.32 Å². The molecule has 0 atom stereocenters. The van der Waals surface area contributed by atoms with Crippen molar-refractivity contribution in [1.29, 1.82) is 0 Å². The topological polar surface area (TPSA) is 29.1 Å². The molecule has 0 aliphatic heterocycles. The lowest BCUT2D eigenvalue weighted by Gasteiger charge is -2.04. The second-order valence-corrected chi connectivity index (χ2v) is 3.63. The Morgan fingerprint density at radius 2 is 2.12 bits per heavy atom. The third-order valence-electron chi connectivity index (χ3n) is 2.15. The number of hydrogen-bond acceptors (Lipinski definition) is 2. The van der Waals surface area contributed by atoms with Gasteiger partial charge in [0.2, 0.25) is 0 Å². The number of carbonyl (C=O) groups excluding carboxylic acids is 1. The van der Waals surface area contributed by atoms with Gasteiger partial charge in [0.15, 0.2) is 5.78 Å². The average Bonchev–Trinajstić information content (AvgIpc) is 2.23. The molecule has 4 heteroatoms. The molecule has 1 rings (SSSR count). The van der Waals surface area contributed by atoms with Gasteiger partial charge in [0.05, 0.1) is 6.54 Å². The van der Waals surface area contributed by atoms with Gasteiger partial charge >= 0.3 is 0 Å². The molecule has 0 aromatic heterocycles. The first-order chi connectivity index (χ1) is 7.63. The predicted octanol–water partition coefficient (Wildman–Crippen LogP) is 2.08. The van der Waals surface area contributed by atoms with Crippen molar-refractivity contribution >= 4 is 5.78 Å². The summed E-state index contributed by atoms with van der Waals surface area (Å²) in [6, 6.07) is 3.26. The van der Waals surface area contributed by atoms with E-state index >= 15 is 0 Å². The van der Waals surface area contributed by atoms with E-state index in [1.165, 1.54) is 6.07 Å². The Balaban J connectivity index is 2.49. The number of rotatable bonds is 6. The van der Waals surface area contributed by atoms with Crippen LogP contribution in [0.1, 0.15) is 18.9 Å². The minimum absolute atomic E-state index is 0.00281. The van der Waals surface area contributed by atoms with Crippen molar-refractivity contribution in [3.63, 3.8) is 0 Å². The van der Waals surface area contributed by atoms with Crippen LogP contribution in [0.4, 0.5) is 8.78 Å². The van der Waals surface area contributed by atoms with Crippen LogP contribution < -0.4 is 5.32 Å². The largest absolute Gasteiger partial charge is 0.310 e. The highest BCUT2D eigenvalue weighted by Crippen LogP contribution is 2.10. The number of Topliss-reactive ketones (excluding diaryl/α,β-unsaturated/α-hetero) is 1. The molecular formula is C12H15F2NO. The zero-order chi connectivity index (χ0) is 12.0. The molecule has 88 valence electrons. The van der Waals surface area contributed by atoms with Crippen LogP contribution >= 0.6 is 0 Å². The second kappa shape index (κ2) is 6.33. The first-order valence-corrected chi connectivity index (χ1v) is 5.29. The van der Waals surface area contributed by atoms with E-state index in [1.807, 2.05) is 6.92 Å². The molecular weight excluding hydrogens is 212 g/mol. The Kier molecular flexibility index (Phi) is 5.05. The molecule has 16 heavy (non-hydrogen) atoms. The molecule has 0 fully saturated rings. The Morgan fingerprint density at radius 1 is 1.38 bits per heavy atom. The van der Waals surface area contributed by atoms with E-state index in [9.17, 15) is 13.6 Å². The van der Waals surface area contributed by atoms with Gasteiger partial charge in [-0.05, 0) is 24.6 Å². The Hall–Kier alpha value is -1.29. The summed E-state index contributed by atoms with van der Waals surface area (Å²) in [5.74, 6) is -1.39. The lowest BCUT2D eigenvalue weighted by atomic mass is 10.1. The maximum absolute atomic E-state index is 13.2. The summed E-state index contributed by atoms with van der Waals surface area (Å²) in [7, 11) is 0. The van der Waals surface area contributed by atoms with E-state index < -0.39 is 11.6 Å². The molecule has 2 nitrogen and oxygen atoms in total. The fraction of sp³-hybridized carbons (Fsp3) is 0.417. The van der Waals surface area contributed by atoms with Gasteiger partial charge in [-0.2, -0.15) is 0 Å². The lowest BCUT2D eigenvalue weighted by Crippen LogP contribution is -2.25. The molecule has 1 N–H and O–H groups in total. The van der Waals surface area contributed by atoms with Crippen molar-refractivity contribution in [2.75, 3.05) is 13.1 Å². The smallest absolute Gasteiger partial charge is 0.151 e. The number of hydrogen-bond donors (Lipinski definition) is 1. The molecule has 0 radical (unpaired) electrons. The summed E-state index contributed by atoms with van der Waals surface area (Å²) in [6.45, 7) is 2.99. The van der Waals surface area contributed by atoms with Crippen LogP contribution in [0.3, 0.4) is 0 Å². The lowest BCUT2D eigenvalue weighted by molar-refractivity contribution is -0.117. The Morgan fingerprint density at radius 3 is 2.75 bits per heavy atom. The predicted molar refractivity (Wildman–Crippen MR) is 58.2 cm³/mol. The SMILES string of the molecule is CCCNCC(=O)Cc1ccc(F)cc1F. The van der Waals surface area contributed by atoms with Crippen molar-refractivity contribution in [1.82, 2.24) is 5.32 Å². The van der Waals surface area contributed by atoms with Crippen molar-refractivity contribution in [3.05, 3.63) is 35.4 Å². The third kappa shape index (κ3) is 4.06. The summed E-state index contributed by atoms with van der Waals surface area (Å²) in [6.07, 6.45) is 0.945. The van der Waals surface area contributed by atoms with Crippen LogP contribution in [0.15, 0.2) is 18.2 Å². The number of ketones is 1. The van der Waals surface area contributed by atoms with Gasteiger partial charge in [0.1, 0.15) is 11.6 Å². The van der Waals surface area contributed by atoms with Gasteiger partial charge in [0, 0.05) is 12.5 Å². The zero-order valence-corrected chi connectivity index (χ0v) is 9.22. The highest BCUT2D eigenvalue weighted by atomic mass is 19.1. The molecule has 1 aromatic rings. The van der Waals surface area contributed by atoms with E-state index in [2.05, 4.69) is 5.32 Å². The van der Waals surface area contributed by atoms with Crippen molar-refractivity contribution < 1.29 is 13.6 Å². The highest BCUT2D eigenvalue weighted by Gasteiger charge is 2.08. The zero-order valence-electron chi connectivity index (χ0n) is 9.22. The van der Waals surface area contributed by atoms with Crippen LogP contribution in [0.2, 0.25) is 0 Å². The molecule has 0 heterocycles. The minimum atomic E-state index is -0.663. The summed E-state index contributed by atoms with van der Waals surface area (Å²) in [4.78, 5) is 11.4. The fourth-order valence-corrected chi connectivity index (χ4v) is 1.34. The van der Waals surface area contributed by atoms with E-state index in [4.69, 9.17) is 0 Å². The van der Waals surface area contributed by atoms with E-state index in [-0.39, 0.29) is 24.3 Å². The standard InChI is InChI=1S/C12H15F2NO/c1-2-5-15-8-11(16)6-9-3-4-10(13)7-12(9)14/h3-4,7,15H,2,5-6,8H2,1H3. The quantitative estimate of drug-likeness (QED) is 0.754. The Labute approximate surface area is 93.7 Å². The summed E-state index contributed by atoms with van der Waals surface area (Å²) >= 11 is 0. The first kappa shape index (κ1) is 12.8. The molecule has 0 amide bonds. The van der Waals surface area contributed by atoms with Gasteiger partial charge in [-0.1, -0.05) is 13.0 Å². The van der Waals surface area contributed by atoms with Crippen molar-refractivity contribution in [2.24, 2.45) is 0 Å². The number of halogens is 2. The maximum Gasteiger partial charge on any atom is 0.151 e. The van der Waals surface area contributed by atoms with Crippen LogP contribution in [-0.2, 0) is 11.2 Å². The van der Waals surface area contributed by atoms with Gasteiger partial charge in [-0.3, -0.25) is 4.79 Å². The molecule has 0 aliphatic rings. The van der Waals surface area contributed by atoms with Crippen molar-refractivity contribution in [2.45, 2.75) is 19.8 Å². The van der Waals surface area contributed by atoms with Crippen LogP contribution in [0, 0.1) is 11.6 Å². The number of carbonyl (C=O) groups is 1. The summed E-state index contributed by atoms with van der Waals surface area (Å²) in [5.41, 5.74) is 0.240. The van der Waals surface area contributed by atoms with Crippen LogP contribution in [0.5, 0.6) is 0 Å². The van der Waals surface area contributed by atoms with Crippen LogP contribution in [-0.4, -0.2) is 18.9 Å². The van der Waals surface area contributed by atoms with Gasteiger partial charge in [0.25, 0.3) is 0 Å². The first-order valence-electron chi connectivity index (χ1n) is 5.29. The molecule has 1 aromatic carbocycles. The molecule has 0 bridgehead atoms. The summed E-state index contributed by atoms with van der Waals surface area (Å²) in [5, 5.41) is 2.94. The molecule has 0 spiro atoms. The number of benzene rings is 1. The van der Waals surface area contributed by atoms with Crippen molar-refractivity contribution in [3.8, 4) is 0 Å². The van der Waals surface area contributed by atoms with E-state index in [0.717, 1.165) is 25.1 Å². The minimum Gasteiger partial charge on any atom is -0.310 e. The molecule has 0 aliphatic carbocycles.